The van der Waals surface area contributed by atoms with Crippen molar-refractivity contribution < 1.29 is 4.43 Å². The molecule has 0 radical (unpaired) electrons. The predicted molar refractivity (Wildman–Crippen MR) is 46.3 cm³/mol. The Morgan fingerprint density at radius 3 is 2.50 bits per heavy atom. The van der Waals surface area contributed by atoms with Crippen molar-refractivity contribution in [1.82, 2.24) is 0 Å². The molecule has 0 N–H and O–H groups in total. The van der Waals surface area contributed by atoms with Gasteiger partial charge in [0, 0.05) is 0 Å². The lowest BCUT2D eigenvalue weighted by molar-refractivity contribution is 0.442. The van der Waals surface area contributed by atoms with E-state index in [2.05, 4.69) is 37.9 Å². The van der Waals surface area contributed by atoms with Crippen LogP contribution in [0.4, 0.5) is 0 Å². The maximum atomic E-state index is 5.71. The van der Waals surface area contributed by atoms with Crippen LogP contribution < -0.4 is 0 Å². The Bertz CT molecular complexity index is 174. The third-order valence-corrected chi connectivity index (χ3v) is 2.01. The van der Waals surface area contributed by atoms with E-state index in [1.54, 1.807) is 0 Å². The molecule has 1 aliphatic rings. The van der Waals surface area contributed by atoms with Crippen molar-refractivity contribution in [3.05, 3.63) is 24.0 Å². The first-order valence-electron chi connectivity index (χ1n) is 3.64. The van der Waals surface area contributed by atoms with Crippen LogP contribution in [-0.4, -0.2) is 8.32 Å². The molecule has 1 rings (SSSR count). The van der Waals surface area contributed by atoms with Crippen LogP contribution in [0.15, 0.2) is 24.0 Å². The number of rotatable bonds is 2. The van der Waals surface area contributed by atoms with E-state index in [1.807, 2.05) is 0 Å². The standard InChI is InChI=1S/C8H14OSi/c1-10(2,3)9-8-6-4-5-7-8/h4,6-7H,5H2,1-3H3. The fourth-order valence-electron chi connectivity index (χ4n) is 0.866. The van der Waals surface area contributed by atoms with Gasteiger partial charge in [0.05, 0.1) is 5.76 Å². The highest BCUT2D eigenvalue weighted by molar-refractivity contribution is 6.70. The van der Waals surface area contributed by atoms with Crippen molar-refractivity contribution in [2.24, 2.45) is 0 Å². The molecule has 0 fully saturated rings. The highest BCUT2D eigenvalue weighted by atomic mass is 28.4. The summed E-state index contributed by atoms with van der Waals surface area (Å²) in [4.78, 5) is 0. The van der Waals surface area contributed by atoms with Gasteiger partial charge in [-0.3, -0.25) is 0 Å². The summed E-state index contributed by atoms with van der Waals surface area (Å²) in [6.07, 6.45) is 7.34. The highest BCUT2D eigenvalue weighted by Gasteiger charge is 2.16. The summed E-state index contributed by atoms with van der Waals surface area (Å²) >= 11 is 0. The van der Waals surface area contributed by atoms with Crippen LogP contribution in [0, 0.1) is 0 Å². The molecule has 0 heterocycles. The SMILES string of the molecule is C[Si](C)(C)OC1=CCC=C1. The molecule has 0 atom stereocenters. The molecule has 1 aliphatic carbocycles. The Balaban J connectivity index is 2.46. The molecule has 0 aromatic carbocycles. The lowest BCUT2D eigenvalue weighted by Crippen LogP contribution is -2.24. The van der Waals surface area contributed by atoms with Gasteiger partial charge in [-0.15, -0.1) is 0 Å². The zero-order chi connectivity index (χ0) is 7.61. The average molecular weight is 154 g/mol. The summed E-state index contributed by atoms with van der Waals surface area (Å²) in [5, 5.41) is 0. The lowest BCUT2D eigenvalue weighted by atomic mass is 10.5. The third-order valence-electron chi connectivity index (χ3n) is 1.16. The Labute approximate surface area is 63.5 Å². The number of hydrogen-bond acceptors (Lipinski definition) is 1. The summed E-state index contributed by atoms with van der Waals surface area (Å²) in [6, 6.07) is 0. The number of allylic oxidation sites excluding steroid dienone is 3. The molecule has 56 valence electrons. The van der Waals surface area contributed by atoms with E-state index >= 15 is 0 Å². The summed E-state index contributed by atoms with van der Waals surface area (Å²) in [5.41, 5.74) is 0. The minimum atomic E-state index is -1.34. The largest absolute Gasteiger partial charge is 0.545 e. The summed E-state index contributed by atoms with van der Waals surface area (Å²) < 4.78 is 5.71. The monoisotopic (exact) mass is 154 g/mol. The van der Waals surface area contributed by atoms with Crippen molar-refractivity contribution in [3.63, 3.8) is 0 Å². The van der Waals surface area contributed by atoms with Gasteiger partial charge >= 0.3 is 0 Å². The van der Waals surface area contributed by atoms with Gasteiger partial charge in [-0.1, -0.05) is 6.08 Å². The third kappa shape index (κ3) is 2.39. The maximum Gasteiger partial charge on any atom is 0.242 e. The molecule has 1 nitrogen and oxygen atoms in total. The molecule has 2 heteroatoms. The van der Waals surface area contributed by atoms with Gasteiger partial charge in [0.15, 0.2) is 0 Å². The van der Waals surface area contributed by atoms with Crippen LogP contribution in [0.3, 0.4) is 0 Å². The van der Waals surface area contributed by atoms with Crippen molar-refractivity contribution in [2.45, 2.75) is 26.1 Å². The van der Waals surface area contributed by atoms with Crippen LogP contribution in [0.5, 0.6) is 0 Å². The Morgan fingerprint density at radius 1 is 1.40 bits per heavy atom. The van der Waals surface area contributed by atoms with E-state index in [4.69, 9.17) is 4.43 Å². The molecule has 0 saturated heterocycles. The molecule has 0 aliphatic heterocycles. The van der Waals surface area contributed by atoms with Crippen molar-refractivity contribution >= 4 is 8.32 Å². The smallest absolute Gasteiger partial charge is 0.242 e. The quantitative estimate of drug-likeness (QED) is 0.556. The van der Waals surface area contributed by atoms with Gasteiger partial charge in [0.25, 0.3) is 0 Å². The van der Waals surface area contributed by atoms with E-state index < -0.39 is 8.32 Å². The van der Waals surface area contributed by atoms with Crippen LogP contribution in [0.1, 0.15) is 6.42 Å². The van der Waals surface area contributed by atoms with Crippen molar-refractivity contribution in [1.29, 1.82) is 0 Å². The second-order valence-electron chi connectivity index (χ2n) is 3.46. The van der Waals surface area contributed by atoms with Crippen LogP contribution in [0.25, 0.3) is 0 Å². The zero-order valence-corrected chi connectivity index (χ0v) is 7.85. The molecule has 0 aromatic rings. The molecule has 0 unspecified atom stereocenters. The zero-order valence-electron chi connectivity index (χ0n) is 6.85. The Morgan fingerprint density at radius 2 is 2.10 bits per heavy atom. The van der Waals surface area contributed by atoms with Crippen LogP contribution >= 0.6 is 0 Å². The second kappa shape index (κ2) is 2.62. The predicted octanol–water partition coefficient (Wildman–Crippen LogP) is 2.68. The van der Waals surface area contributed by atoms with E-state index in [-0.39, 0.29) is 0 Å². The summed E-state index contributed by atoms with van der Waals surface area (Å²) in [7, 11) is -1.34. The molecule has 10 heavy (non-hydrogen) atoms. The van der Waals surface area contributed by atoms with E-state index in [9.17, 15) is 0 Å². The van der Waals surface area contributed by atoms with E-state index in [0.29, 0.717) is 0 Å². The summed E-state index contributed by atoms with van der Waals surface area (Å²) in [6.45, 7) is 6.58. The Kier molecular flexibility index (Phi) is 1.99. The molecule has 0 spiro atoms. The first-order valence-corrected chi connectivity index (χ1v) is 7.04. The van der Waals surface area contributed by atoms with Gasteiger partial charge in [0.2, 0.25) is 8.32 Å². The molecule has 0 amide bonds. The van der Waals surface area contributed by atoms with Crippen molar-refractivity contribution in [2.75, 3.05) is 0 Å². The second-order valence-corrected chi connectivity index (χ2v) is 7.89. The van der Waals surface area contributed by atoms with Gasteiger partial charge in [-0.05, 0) is 38.2 Å². The first-order chi connectivity index (χ1) is 4.58. The van der Waals surface area contributed by atoms with Gasteiger partial charge in [-0.2, -0.15) is 0 Å². The van der Waals surface area contributed by atoms with Gasteiger partial charge < -0.3 is 4.43 Å². The fourth-order valence-corrected chi connectivity index (χ4v) is 1.72. The van der Waals surface area contributed by atoms with E-state index in [0.717, 1.165) is 12.2 Å². The van der Waals surface area contributed by atoms with Gasteiger partial charge in [-0.25, -0.2) is 0 Å². The maximum absolute atomic E-state index is 5.71. The minimum Gasteiger partial charge on any atom is -0.545 e. The molecule has 0 aromatic heterocycles. The molecule has 0 saturated carbocycles. The summed E-state index contributed by atoms with van der Waals surface area (Å²) in [5.74, 6) is 1.07. The number of hydrogen-bond donors (Lipinski definition) is 0. The molecule has 0 bridgehead atoms. The molecular weight excluding hydrogens is 140 g/mol. The van der Waals surface area contributed by atoms with Crippen molar-refractivity contribution in [3.8, 4) is 0 Å². The first kappa shape index (κ1) is 7.60. The van der Waals surface area contributed by atoms with Crippen LogP contribution in [-0.2, 0) is 4.43 Å². The molecular formula is C8H14OSi. The normalized spacial score (nSPS) is 17.3. The Hall–Kier alpha value is -0.503. The average Bonchev–Trinajstić information content (AvgIpc) is 2.12. The minimum absolute atomic E-state index is 1.04. The van der Waals surface area contributed by atoms with E-state index in [1.165, 1.54) is 0 Å². The fraction of sp³-hybridized carbons (Fsp3) is 0.500. The highest BCUT2D eigenvalue weighted by Crippen LogP contribution is 2.16. The lowest BCUT2D eigenvalue weighted by Gasteiger charge is -2.18. The van der Waals surface area contributed by atoms with Crippen LogP contribution in [0.2, 0.25) is 19.6 Å². The topological polar surface area (TPSA) is 9.23 Å². The van der Waals surface area contributed by atoms with Gasteiger partial charge in [0.1, 0.15) is 0 Å².